The van der Waals surface area contributed by atoms with Gasteiger partial charge < -0.3 is 45.8 Å². The Hall–Kier alpha value is -4.42. The van der Waals surface area contributed by atoms with Crippen LogP contribution in [-0.2, 0) is 14.3 Å². The lowest BCUT2D eigenvalue weighted by Gasteiger charge is -2.26. The van der Waals surface area contributed by atoms with Gasteiger partial charge in [0.15, 0.2) is 35.2 Å². The van der Waals surface area contributed by atoms with Crippen molar-refractivity contribution in [1.82, 2.24) is 29.7 Å². The number of rotatable bonds is 4. The van der Waals surface area contributed by atoms with Crippen LogP contribution in [-0.4, -0.2) is 141 Å². The van der Waals surface area contributed by atoms with E-state index in [1.165, 1.54) is 0 Å². The zero-order valence-corrected chi connectivity index (χ0v) is 21.0. The van der Waals surface area contributed by atoms with Crippen molar-refractivity contribution in [2.45, 2.75) is 49.1 Å². The number of amides is 3. The van der Waals surface area contributed by atoms with Gasteiger partial charge in [-0.05, 0) is 0 Å². The second kappa shape index (κ2) is 10.8. The number of carbonyl (C=O) groups excluding carboxylic acids is 2. The van der Waals surface area contributed by atoms with E-state index in [2.05, 4.69) is 30.3 Å². The van der Waals surface area contributed by atoms with Crippen LogP contribution in [0.2, 0.25) is 0 Å². The summed E-state index contributed by atoms with van der Waals surface area (Å²) in [5.41, 5.74) is 3.47. The molecule has 2 saturated heterocycles. The molecule has 0 aliphatic carbocycles. The number of aromatic nitrogens is 4. The molecule has 42 heavy (non-hydrogen) atoms. The number of urea groups is 1. The molecule has 6 heterocycles. The second-order valence-electron chi connectivity index (χ2n) is 9.26. The summed E-state index contributed by atoms with van der Waals surface area (Å²) >= 11 is 0. The van der Waals surface area contributed by atoms with E-state index in [0.717, 1.165) is 9.47 Å². The van der Waals surface area contributed by atoms with E-state index in [0.29, 0.717) is 0 Å². The van der Waals surface area contributed by atoms with E-state index >= 15 is 0 Å². The number of fused-ring (bicyclic) bond motifs is 2. The minimum atomic E-state index is -1.51. The van der Waals surface area contributed by atoms with Crippen molar-refractivity contribution < 1.29 is 49.7 Å². The number of imidazole rings is 1. The first-order valence-electron chi connectivity index (χ1n) is 12.0. The Balaban J connectivity index is 0.000000168. The zero-order valence-electron chi connectivity index (χ0n) is 21.0. The maximum Gasteiger partial charge on any atom is 0.352 e. The number of nitrogens with two attached hydrogens (primary N) is 1. The molecule has 2 aromatic heterocycles. The Labute approximate surface area is 230 Å². The predicted molar refractivity (Wildman–Crippen MR) is 134 cm³/mol. The first-order valence-corrected chi connectivity index (χ1v) is 12.0. The second-order valence-corrected chi connectivity index (χ2v) is 9.26. The van der Waals surface area contributed by atoms with Crippen LogP contribution < -0.4 is 22.3 Å². The maximum absolute atomic E-state index is 12.0. The average molecular weight is 596 g/mol. The van der Waals surface area contributed by atoms with Gasteiger partial charge in [-0.3, -0.25) is 30.3 Å². The first kappa shape index (κ1) is 29.1. The summed E-state index contributed by atoms with van der Waals surface area (Å²) in [5, 5.41) is 66.8. The molecule has 12 N–H and O–H groups in total. The summed E-state index contributed by atoms with van der Waals surface area (Å²) in [6.07, 6.45) is -10.6. The van der Waals surface area contributed by atoms with E-state index in [1.807, 2.05) is 0 Å². The SMILES string of the molecule is N=C1N=C2C(=NC(=O)N2[C@@H]2O[C@H](CO)[C@@H](O)[C@H]2O)C(=O)N1.Nc1nc2c([nH]c(=O)n2[C@@H]2O[C@H](CO)[C@@H](O)[C@H]2O)c(=O)[nH]1. The Kier molecular flexibility index (Phi) is 7.46. The molecule has 0 spiro atoms. The Morgan fingerprint density at radius 1 is 0.881 bits per heavy atom. The summed E-state index contributed by atoms with van der Waals surface area (Å²) in [6, 6.07) is -0.913. The Morgan fingerprint density at radius 3 is 2.07 bits per heavy atom. The first-order chi connectivity index (χ1) is 19.9. The Morgan fingerprint density at radius 2 is 1.48 bits per heavy atom. The van der Waals surface area contributed by atoms with E-state index < -0.39 is 91.4 Å². The Bertz CT molecular complexity index is 1630. The highest BCUT2D eigenvalue weighted by atomic mass is 16.6. The quantitative estimate of drug-likeness (QED) is 0.156. The molecule has 0 radical (unpaired) electrons. The van der Waals surface area contributed by atoms with Gasteiger partial charge in [0.1, 0.15) is 36.6 Å². The topological polar surface area (TPSA) is 347 Å². The summed E-state index contributed by atoms with van der Waals surface area (Å²) in [5.74, 6) is -1.71. The molecule has 6 rings (SSSR count). The van der Waals surface area contributed by atoms with Crippen LogP contribution in [0.3, 0.4) is 0 Å². The number of carbonyl (C=O) groups is 2. The van der Waals surface area contributed by atoms with Crippen LogP contribution in [0.5, 0.6) is 0 Å². The number of nitrogen functional groups attached to an aromatic ring is 1. The molecule has 2 aromatic rings. The highest BCUT2D eigenvalue weighted by molar-refractivity contribution is 6.72. The average Bonchev–Trinajstić information content (AvgIpc) is 3.62. The molecule has 8 atom stereocenters. The van der Waals surface area contributed by atoms with Crippen LogP contribution in [0, 0.1) is 5.41 Å². The summed E-state index contributed by atoms with van der Waals surface area (Å²) < 4.78 is 11.3. The van der Waals surface area contributed by atoms with Gasteiger partial charge in [-0.1, -0.05) is 0 Å². The summed E-state index contributed by atoms with van der Waals surface area (Å²) in [4.78, 5) is 63.5. The molecular weight excluding hydrogens is 572 g/mol. The highest BCUT2D eigenvalue weighted by Crippen LogP contribution is 2.30. The fourth-order valence-electron chi connectivity index (χ4n) is 4.64. The summed E-state index contributed by atoms with van der Waals surface area (Å²) in [6.45, 7) is -1.10. The molecule has 0 unspecified atom stereocenters. The molecule has 2 fully saturated rings. The zero-order chi connectivity index (χ0) is 30.6. The molecule has 0 bridgehead atoms. The number of nitrogens with one attached hydrogen (secondary N) is 4. The third kappa shape index (κ3) is 4.66. The number of nitrogens with zero attached hydrogens (tertiary/aromatic N) is 5. The van der Waals surface area contributed by atoms with Crippen LogP contribution in [0.1, 0.15) is 6.23 Å². The van der Waals surface area contributed by atoms with Gasteiger partial charge in [0.25, 0.3) is 11.5 Å². The van der Waals surface area contributed by atoms with Crippen molar-refractivity contribution in [2.24, 2.45) is 9.98 Å². The third-order valence-corrected chi connectivity index (χ3v) is 6.66. The number of aliphatic hydroxyl groups excluding tert-OH is 6. The van der Waals surface area contributed by atoms with E-state index in [1.54, 1.807) is 0 Å². The normalized spacial score (nSPS) is 32.4. The number of H-pyrrole nitrogens is 2. The van der Waals surface area contributed by atoms with Gasteiger partial charge in [-0.15, -0.1) is 0 Å². The number of hydrogen-bond donors (Lipinski definition) is 11. The van der Waals surface area contributed by atoms with Gasteiger partial charge in [0, 0.05) is 0 Å². The fraction of sp³-hybridized carbons (Fsp3) is 0.500. The van der Waals surface area contributed by atoms with Crippen LogP contribution >= 0.6 is 0 Å². The maximum atomic E-state index is 12.0. The van der Waals surface area contributed by atoms with Crippen molar-refractivity contribution in [3.63, 3.8) is 0 Å². The molecule has 4 aliphatic rings. The molecule has 4 aliphatic heterocycles. The number of anilines is 1. The molecule has 0 aromatic carbocycles. The smallest absolute Gasteiger partial charge is 0.352 e. The van der Waals surface area contributed by atoms with E-state index in [-0.39, 0.29) is 28.7 Å². The van der Waals surface area contributed by atoms with E-state index in [4.69, 9.17) is 30.8 Å². The molecule has 3 amide bonds. The minimum absolute atomic E-state index is 0.115. The standard InChI is InChI=1S/C10H13N5O6.C10H11N5O6/c2*11-9-13-6-3(7(19)14-9)12-10(20)15(6)8-5(18)4(17)2(1-16)21-8/h2,4-5,8,16-18H,1H2,(H,12,20)(H3,11,13,14,19);2,4-5,8,16-18H,1H2,(H2,11,14,19)/t2*2-,4-,5-,8-/m11/s1. The number of amidine groups is 1. The fourth-order valence-corrected chi connectivity index (χ4v) is 4.64. The number of aliphatic hydroxyl groups is 6. The molecule has 22 nitrogen and oxygen atoms in total. The van der Waals surface area contributed by atoms with Crippen molar-refractivity contribution in [3.8, 4) is 0 Å². The van der Waals surface area contributed by atoms with Gasteiger partial charge in [0.2, 0.25) is 11.9 Å². The van der Waals surface area contributed by atoms with Crippen LogP contribution in [0.15, 0.2) is 19.6 Å². The van der Waals surface area contributed by atoms with E-state index in [9.17, 15) is 39.6 Å². The lowest BCUT2D eigenvalue weighted by Crippen LogP contribution is -2.53. The van der Waals surface area contributed by atoms with Crippen LogP contribution in [0.4, 0.5) is 10.7 Å². The van der Waals surface area contributed by atoms with Crippen LogP contribution in [0.25, 0.3) is 11.2 Å². The lowest BCUT2D eigenvalue weighted by molar-refractivity contribution is -0.113. The predicted octanol–water partition coefficient (Wildman–Crippen LogP) is -6.63. The molecule has 0 saturated carbocycles. The molecule has 226 valence electrons. The summed E-state index contributed by atoms with van der Waals surface area (Å²) in [7, 11) is 0. The third-order valence-electron chi connectivity index (χ3n) is 6.66. The van der Waals surface area contributed by atoms with Crippen molar-refractivity contribution >= 4 is 46.6 Å². The highest BCUT2D eigenvalue weighted by Gasteiger charge is 2.52. The number of aromatic amines is 2. The number of hydrogen-bond acceptors (Lipinski definition) is 15. The van der Waals surface area contributed by atoms with Crippen molar-refractivity contribution in [2.75, 3.05) is 18.9 Å². The molecule has 22 heteroatoms. The molecular formula is C20H24N10O12. The monoisotopic (exact) mass is 596 g/mol. The largest absolute Gasteiger partial charge is 0.394 e. The van der Waals surface area contributed by atoms with Gasteiger partial charge >= 0.3 is 11.7 Å². The van der Waals surface area contributed by atoms with Gasteiger partial charge in [-0.25, -0.2) is 19.1 Å². The number of guanidine groups is 1. The van der Waals surface area contributed by atoms with Gasteiger partial charge in [-0.2, -0.15) is 15.0 Å². The van der Waals surface area contributed by atoms with Crippen molar-refractivity contribution in [3.05, 3.63) is 20.8 Å². The van der Waals surface area contributed by atoms with Gasteiger partial charge in [0.05, 0.1) is 13.2 Å². The van der Waals surface area contributed by atoms with Crippen molar-refractivity contribution in [1.29, 1.82) is 5.41 Å². The lowest BCUT2D eigenvalue weighted by atomic mass is 10.1. The number of ether oxygens (including phenoxy) is 2. The number of aliphatic imine (C=N–C) groups is 2. The minimum Gasteiger partial charge on any atom is -0.394 e.